The zero-order valence-corrected chi connectivity index (χ0v) is 10.8. The van der Waals surface area contributed by atoms with Crippen LogP contribution in [0.3, 0.4) is 0 Å². The molecule has 0 radical (unpaired) electrons. The third-order valence-electron chi connectivity index (χ3n) is 3.38. The van der Waals surface area contributed by atoms with E-state index in [0.717, 1.165) is 31.9 Å². The van der Waals surface area contributed by atoms with E-state index >= 15 is 0 Å². The van der Waals surface area contributed by atoms with Gasteiger partial charge in [-0.3, -0.25) is 0 Å². The van der Waals surface area contributed by atoms with Crippen LogP contribution in [0.25, 0.3) is 0 Å². The molecule has 2 N–H and O–H groups in total. The lowest BCUT2D eigenvalue weighted by molar-refractivity contribution is 0.0557. The van der Waals surface area contributed by atoms with Gasteiger partial charge in [0.2, 0.25) is 5.95 Å². The molecule has 0 amide bonds. The monoisotopic (exact) mass is 254 g/mol. The van der Waals surface area contributed by atoms with E-state index in [-0.39, 0.29) is 5.82 Å². The van der Waals surface area contributed by atoms with Gasteiger partial charge in [-0.15, -0.1) is 0 Å². The van der Waals surface area contributed by atoms with Gasteiger partial charge in [-0.1, -0.05) is 12.8 Å². The van der Waals surface area contributed by atoms with Crippen LogP contribution in [-0.2, 0) is 0 Å². The summed E-state index contributed by atoms with van der Waals surface area (Å²) in [5.41, 5.74) is -0.716. The molecule has 100 valence electrons. The first kappa shape index (κ1) is 13.0. The molecule has 6 heteroatoms. The molecule has 0 atom stereocenters. The maximum atomic E-state index is 13.7. The fraction of sp³-hybridized carbons (Fsp3) is 0.667. The molecule has 0 spiro atoms. The SMILES string of the molecule is CNc1ncc(F)c(N(C)CC2(O)CCCC2)n1. The van der Waals surface area contributed by atoms with Gasteiger partial charge in [0.25, 0.3) is 0 Å². The Labute approximate surface area is 106 Å². The quantitative estimate of drug-likeness (QED) is 0.850. The number of nitrogens with zero attached hydrogens (tertiary/aromatic N) is 3. The van der Waals surface area contributed by atoms with E-state index in [2.05, 4.69) is 15.3 Å². The van der Waals surface area contributed by atoms with E-state index in [4.69, 9.17) is 0 Å². The molecule has 1 aromatic rings. The molecule has 0 unspecified atom stereocenters. The zero-order valence-electron chi connectivity index (χ0n) is 10.8. The Kier molecular flexibility index (Phi) is 3.65. The summed E-state index contributed by atoms with van der Waals surface area (Å²) in [7, 11) is 3.42. The van der Waals surface area contributed by atoms with Crippen molar-refractivity contribution in [2.75, 3.05) is 30.9 Å². The van der Waals surface area contributed by atoms with Crippen molar-refractivity contribution in [2.24, 2.45) is 0 Å². The minimum atomic E-state index is -0.716. The normalized spacial score (nSPS) is 17.8. The van der Waals surface area contributed by atoms with Gasteiger partial charge in [0.05, 0.1) is 11.8 Å². The number of hydrogen-bond donors (Lipinski definition) is 2. The molecule has 2 rings (SSSR count). The molecule has 1 fully saturated rings. The Balaban J connectivity index is 2.14. The van der Waals surface area contributed by atoms with E-state index in [1.807, 2.05) is 0 Å². The number of likely N-dealkylation sites (N-methyl/N-ethyl adjacent to an activating group) is 1. The lowest BCUT2D eigenvalue weighted by Crippen LogP contribution is -2.40. The minimum absolute atomic E-state index is 0.217. The van der Waals surface area contributed by atoms with E-state index < -0.39 is 11.4 Å². The fourth-order valence-corrected chi connectivity index (χ4v) is 2.45. The zero-order chi connectivity index (χ0) is 13.2. The second kappa shape index (κ2) is 5.06. The van der Waals surface area contributed by atoms with Crippen LogP contribution in [-0.4, -0.2) is 41.3 Å². The summed E-state index contributed by atoms with van der Waals surface area (Å²) in [6, 6.07) is 0. The largest absolute Gasteiger partial charge is 0.388 e. The summed E-state index contributed by atoms with van der Waals surface area (Å²) in [5.74, 6) is 0.115. The fourth-order valence-electron chi connectivity index (χ4n) is 2.45. The van der Waals surface area contributed by atoms with Gasteiger partial charge in [-0.05, 0) is 12.8 Å². The Morgan fingerprint density at radius 2 is 2.17 bits per heavy atom. The van der Waals surface area contributed by atoms with Crippen LogP contribution in [0.2, 0.25) is 0 Å². The Morgan fingerprint density at radius 3 is 2.78 bits per heavy atom. The predicted octanol–water partition coefficient (Wildman–Crippen LogP) is 1.40. The number of halogens is 1. The van der Waals surface area contributed by atoms with Crippen molar-refractivity contribution in [3.05, 3.63) is 12.0 Å². The smallest absolute Gasteiger partial charge is 0.224 e. The second-order valence-corrected chi connectivity index (χ2v) is 4.90. The van der Waals surface area contributed by atoms with Crippen LogP contribution in [0, 0.1) is 5.82 Å². The van der Waals surface area contributed by atoms with Crippen LogP contribution in [0.4, 0.5) is 16.2 Å². The van der Waals surface area contributed by atoms with Gasteiger partial charge < -0.3 is 15.3 Å². The second-order valence-electron chi connectivity index (χ2n) is 4.90. The van der Waals surface area contributed by atoms with Crippen molar-refractivity contribution >= 4 is 11.8 Å². The molecule has 0 bridgehead atoms. The van der Waals surface area contributed by atoms with Crippen molar-refractivity contribution in [2.45, 2.75) is 31.3 Å². The van der Waals surface area contributed by atoms with Gasteiger partial charge in [-0.2, -0.15) is 4.98 Å². The topological polar surface area (TPSA) is 61.3 Å². The average Bonchev–Trinajstić information content (AvgIpc) is 2.76. The highest BCUT2D eigenvalue weighted by molar-refractivity contribution is 5.43. The number of aromatic nitrogens is 2. The molecule has 0 aromatic carbocycles. The van der Waals surface area contributed by atoms with Gasteiger partial charge in [0.1, 0.15) is 0 Å². The van der Waals surface area contributed by atoms with Gasteiger partial charge >= 0.3 is 0 Å². The van der Waals surface area contributed by atoms with Crippen molar-refractivity contribution < 1.29 is 9.50 Å². The Bertz CT molecular complexity index is 421. The summed E-state index contributed by atoms with van der Waals surface area (Å²) in [4.78, 5) is 9.54. The lowest BCUT2D eigenvalue weighted by atomic mass is 10.0. The predicted molar refractivity (Wildman–Crippen MR) is 68.2 cm³/mol. The van der Waals surface area contributed by atoms with Crippen LogP contribution in [0.1, 0.15) is 25.7 Å². The van der Waals surface area contributed by atoms with Crippen molar-refractivity contribution in [1.29, 1.82) is 0 Å². The third kappa shape index (κ3) is 2.69. The van der Waals surface area contributed by atoms with E-state index in [0.29, 0.717) is 12.5 Å². The number of rotatable bonds is 4. The first-order chi connectivity index (χ1) is 8.54. The summed E-state index contributed by atoms with van der Waals surface area (Å²) >= 11 is 0. The van der Waals surface area contributed by atoms with E-state index in [1.165, 1.54) is 0 Å². The molecule has 1 heterocycles. The third-order valence-corrected chi connectivity index (χ3v) is 3.38. The lowest BCUT2D eigenvalue weighted by Gasteiger charge is -2.29. The highest BCUT2D eigenvalue weighted by atomic mass is 19.1. The first-order valence-electron chi connectivity index (χ1n) is 6.18. The van der Waals surface area contributed by atoms with Crippen molar-refractivity contribution in [1.82, 2.24) is 9.97 Å². The molecular weight excluding hydrogens is 235 g/mol. The van der Waals surface area contributed by atoms with E-state index in [9.17, 15) is 9.50 Å². The molecule has 18 heavy (non-hydrogen) atoms. The minimum Gasteiger partial charge on any atom is -0.388 e. The molecule has 1 saturated carbocycles. The van der Waals surface area contributed by atoms with Crippen molar-refractivity contribution in [3.63, 3.8) is 0 Å². The van der Waals surface area contributed by atoms with Crippen LogP contribution in [0.15, 0.2) is 6.20 Å². The number of hydrogen-bond acceptors (Lipinski definition) is 5. The summed E-state index contributed by atoms with van der Waals surface area (Å²) in [6.07, 6.45) is 4.73. The van der Waals surface area contributed by atoms with Crippen LogP contribution < -0.4 is 10.2 Å². The number of nitrogens with one attached hydrogen (secondary N) is 1. The number of anilines is 2. The Hall–Kier alpha value is -1.43. The highest BCUT2D eigenvalue weighted by Gasteiger charge is 2.33. The molecule has 0 aliphatic heterocycles. The molecule has 1 aliphatic carbocycles. The van der Waals surface area contributed by atoms with Crippen LogP contribution in [0.5, 0.6) is 0 Å². The molecule has 1 aromatic heterocycles. The van der Waals surface area contributed by atoms with Gasteiger partial charge in [-0.25, -0.2) is 9.37 Å². The summed E-state index contributed by atoms with van der Waals surface area (Å²) in [5, 5.41) is 13.1. The molecule has 1 aliphatic rings. The molecular formula is C12H19FN4O. The van der Waals surface area contributed by atoms with Crippen molar-refractivity contribution in [3.8, 4) is 0 Å². The highest BCUT2D eigenvalue weighted by Crippen LogP contribution is 2.31. The van der Waals surface area contributed by atoms with Crippen LogP contribution >= 0.6 is 0 Å². The molecule has 5 nitrogen and oxygen atoms in total. The standard InChI is InChI=1S/C12H19FN4O/c1-14-11-15-7-9(13)10(16-11)17(2)8-12(18)5-3-4-6-12/h7,18H,3-6,8H2,1-2H3,(H,14,15,16). The van der Waals surface area contributed by atoms with Gasteiger partial charge in [0.15, 0.2) is 11.6 Å². The summed E-state index contributed by atoms with van der Waals surface area (Å²) < 4.78 is 13.7. The number of aliphatic hydroxyl groups is 1. The first-order valence-corrected chi connectivity index (χ1v) is 6.18. The molecule has 0 saturated heterocycles. The van der Waals surface area contributed by atoms with E-state index in [1.54, 1.807) is 19.0 Å². The maximum absolute atomic E-state index is 13.7. The maximum Gasteiger partial charge on any atom is 0.224 e. The Morgan fingerprint density at radius 1 is 1.50 bits per heavy atom. The summed E-state index contributed by atoms with van der Waals surface area (Å²) in [6.45, 7) is 0.393. The van der Waals surface area contributed by atoms with Gasteiger partial charge in [0, 0.05) is 20.6 Å². The average molecular weight is 254 g/mol.